The minimum Gasteiger partial charge on any atom is -0.469 e. The van der Waals surface area contributed by atoms with Crippen molar-refractivity contribution < 1.29 is 14.3 Å². The highest BCUT2D eigenvalue weighted by molar-refractivity contribution is 5.76. The van der Waals surface area contributed by atoms with Crippen LogP contribution < -0.4 is 5.32 Å². The van der Waals surface area contributed by atoms with Crippen molar-refractivity contribution in [3.05, 3.63) is 0 Å². The van der Waals surface area contributed by atoms with Gasteiger partial charge in [0.1, 0.15) is 0 Å². The fourth-order valence-corrected chi connectivity index (χ4v) is 1.86. The molecule has 94 valence electrons. The average Bonchev–Trinajstić information content (AvgIpc) is 2.29. The minimum absolute atomic E-state index is 0.176. The second kappa shape index (κ2) is 6.21. The molecule has 0 amide bonds. The molecule has 1 atom stereocenters. The van der Waals surface area contributed by atoms with Crippen LogP contribution >= 0.6 is 0 Å². The zero-order valence-corrected chi connectivity index (χ0v) is 10.5. The van der Waals surface area contributed by atoms with Gasteiger partial charge in [0, 0.05) is 19.7 Å². The van der Waals surface area contributed by atoms with Gasteiger partial charge in [-0.25, -0.2) is 0 Å². The molecule has 1 heterocycles. The molecule has 1 aliphatic heterocycles. The quantitative estimate of drug-likeness (QED) is 0.723. The van der Waals surface area contributed by atoms with Gasteiger partial charge in [-0.1, -0.05) is 0 Å². The van der Waals surface area contributed by atoms with Crippen LogP contribution in [0.2, 0.25) is 0 Å². The standard InChI is InChI=1S/C12H23NO3/c1-12(2,11(14)15-3)9-13-8-10-6-4-5-7-16-10/h10,13H,4-9H2,1-3H3. The van der Waals surface area contributed by atoms with Crippen molar-refractivity contribution in [2.24, 2.45) is 5.41 Å². The number of carbonyl (C=O) groups excluding carboxylic acids is 1. The normalized spacial score (nSPS) is 21.8. The van der Waals surface area contributed by atoms with Crippen LogP contribution in [0, 0.1) is 5.41 Å². The molecule has 1 aliphatic rings. The molecule has 1 rings (SSSR count). The van der Waals surface area contributed by atoms with Gasteiger partial charge in [-0.3, -0.25) is 4.79 Å². The highest BCUT2D eigenvalue weighted by Gasteiger charge is 2.28. The number of nitrogens with one attached hydrogen (secondary N) is 1. The Hall–Kier alpha value is -0.610. The molecular weight excluding hydrogens is 206 g/mol. The predicted octanol–water partition coefficient (Wildman–Crippen LogP) is 1.34. The smallest absolute Gasteiger partial charge is 0.312 e. The Morgan fingerprint density at radius 1 is 1.50 bits per heavy atom. The van der Waals surface area contributed by atoms with Crippen LogP contribution in [0.4, 0.5) is 0 Å². The molecule has 0 spiro atoms. The van der Waals surface area contributed by atoms with Gasteiger partial charge in [0.25, 0.3) is 0 Å². The summed E-state index contributed by atoms with van der Waals surface area (Å²) in [6.07, 6.45) is 3.84. The van der Waals surface area contributed by atoms with Crippen molar-refractivity contribution >= 4 is 5.97 Å². The molecule has 0 aromatic carbocycles. The number of hydrogen-bond donors (Lipinski definition) is 1. The van der Waals surface area contributed by atoms with E-state index in [1.807, 2.05) is 13.8 Å². The lowest BCUT2D eigenvalue weighted by molar-refractivity contribution is -0.150. The number of hydrogen-bond acceptors (Lipinski definition) is 4. The van der Waals surface area contributed by atoms with E-state index < -0.39 is 5.41 Å². The number of methoxy groups -OCH3 is 1. The van der Waals surface area contributed by atoms with E-state index in [2.05, 4.69) is 5.32 Å². The highest BCUT2D eigenvalue weighted by Crippen LogP contribution is 2.16. The van der Waals surface area contributed by atoms with Crippen LogP contribution in [0.1, 0.15) is 33.1 Å². The first-order chi connectivity index (χ1) is 7.56. The number of esters is 1. The summed E-state index contributed by atoms with van der Waals surface area (Å²) in [6.45, 7) is 6.08. The third-order valence-corrected chi connectivity index (χ3v) is 2.95. The van der Waals surface area contributed by atoms with Gasteiger partial charge in [-0.15, -0.1) is 0 Å². The van der Waals surface area contributed by atoms with Crippen molar-refractivity contribution in [3.8, 4) is 0 Å². The third kappa shape index (κ3) is 4.10. The first kappa shape index (κ1) is 13.5. The maximum absolute atomic E-state index is 11.4. The topological polar surface area (TPSA) is 47.6 Å². The van der Waals surface area contributed by atoms with E-state index in [0.29, 0.717) is 12.6 Å². The fraction of sp³-hybridized carbons (Fsp3) is 0.917. The van der Waals surface area contributed by atoms with E-state index in [0.717, 1.165) is 19.6 Å². The molecule has 16 heavy (non-hydrogen) atoms. The van der Waals surface area contributed by atoms with Crippen molar-refractivity contribution in [2.45, 2.75) is 39.2 Å². The maximum Gasteiger partial charge on any atom is 0.312 e. The van der Waals surface area contributed by atoms with Gasteiger partial charge in [0.2, 0.25) is 0 Å². The van der Waals surface area contributed by atoms with Gasteiger partial charge in [-0.05, 0) is 33.1 Å². The Morgan fingerprint density at radius 2 is 2.25 bits per heavy atom. The predicted molar refractivity (Wildman–Crippen MR) is 62.3 cm³/mol. The van der Waals surface area contributed by atoms with Crippen LogP contribution in [0.5, 0.6) is 0 Å². The number of carbonyl (C=O) groups is 1. The summed E-state index contributed by atoms with van der Waals surface area (Å²) < 4.78 is 10.3. The van der Waals surface area contributed by atoms with Crippen LogP contribution in [-0.4, -0.2) is 38.9 Å². The summed E-state index contributed by atoms with van der Waals surface area (Å²) in [5.41, 5.74) is -0.469. The maximum atomic E-state index is 11.4. The molecule has 1 fully saturated rings. The first-order valence-electron chi connectivity index (χ1n) is 5.97. The zero-order chi connectivity index (χ0) is 12.0. The molecule has 1 saturated heterocycles. The average molecular weight is 229 g/mol. The first-order valence-corrected chi connectivity index (χ1v) is 5.97. The lowest BCUT2D eigenvalue weighted by Gasteiger charge is -2.26. The molecule has 0 bridgehead atoms. The second-order valence-electron chi connectivity index (χ2n) is 4.99. The van der Waals surface area contributed by atoms with Crippen LogP contribution in [0.25, 0.3) is 0 Å². The third-order valence-electron chi connectivity index (χ3n) is 2.95. The van der Waals surface area contributed by atoms with E-state index in [-0.39, 0.29) is 5.97 Å². The van der Waals surface area contributed by atoms with Crippen molar-refractivity contribution in [1.82, 2.24) is 5.32 Å². The van der Waals surface area contributed by atoms with Gasteiger partial charge in [-0.2, -0.15) is 0 Å². The minimum atomic E-state index is -0.469. The molecule has 0 radical (unpaired) electrons. The molecule has 1 N–H and O–H groups in total. The van der Waals surface area contributed by atoms with Crippen molar-refractivity contribution in [1.29, 1.82) is 0 Å². The lowest BCUT2D eigenvalue weighted by Crippen LogP contribution is -2.41. The summed E-state index contributed by atoms with van der Waals surface area (Å²) in [5.74, 6) is -0.176. The SMILES string of the molecule is COC(=O)C(C)(C)CNCC1CCCCO1. The number of rotatable bonds is 5. The zero-order valence-electron chi connectivity index (χ0n) is 10.5. The van der Waals surface area contributed by atoms with Gasteiger partial charge in [0.15, 0.2) is 0 Å². The van der Waals surface area contributed by atoms with Gasteiger partial charge >= 0.3 is 5.97 Å². The molecular formula is C12H23NO3. The molecule has 4 heteroatoms. The van der Waals surface area contributed by atoms with E-state index in [1.165, 1.54) is 20.0 Å². The van der Waals surface area contributed by atoms with Crippen LogP contribution in [0.3, 0.4) is 0 Å². The molecule has 0 aromatic heterocycles. The number of ether oxygens (including phenoxy) is 2. The summed E-state index contributed by atoms with van der Waals surface area (Å²) in [7, 11) is 1.42. The van der Waals surface area contributed by atoms with E-state index in [9.17, 15) is 4.79 Å². The van der Waals surface area contributed by atoms with Crippen LogP contribution in [0.15, 0.2) is 0 Å². The Labute approximate surface area is 97.7 Å². The summed E-state index contributed by atoms with van der Waals surface area (Å²) in [4.78, 5) is 11.4. The van der Waals surface area contributed by atoms with E-state index in [1.54, 1.807) is 0 Å². The second-order valence-corrected chi connectivity index (χ2v) is 4.99. The van der Waals surface area contributed by atoms with Gasteiger partial charge in [0.05, 0.1) is 18.6 Å². The molecule has 4 nitrogen and oxygen atoms in total. The Balaban J connectivity index is 2.20. The Kier molecular flexibility index (Phi) is 5.22. The van der Waals surface area contributed by atoms with Gasteiger partial charge < -0.3 is 14.8 Å². The monoisotopic (exact) mass is 229 g/mol. The largest absolute Gasteiger partial charge is 0.469 e. The Morgan fingerprint density at radius 3 is 2.81 bits per heavy atom. The van der Waals surface area contributed by atoms with Crippen molar-refractivity contribution in [2.75, 3.05) is 26.8 Å². The lowest BCUT2D eigenvalue weighted by atomic mass is 9.93. The molecule has 0 aliphatic carbocycles. The highest BCUT2D eigenvalue weighted by atomic mass is 16.5. The molecule has 0 saturated carbocycles. The van der Waals surface area contributed by atoms with Crippen LogP contribution in [-0.2, 0) is 14.3 Å². The molecule has 1 unspecified atom stereocenters. The van der Waals surface area contributed by atoms with Crippen molar-refractivity contribution in [3.63, 3.8) is 0 Å². The summed E-state index contributed by atoms with van der Waals surface area (Å²) >= 11 is 0. The summed E-state index contributed by atoms with van der Waals surface area (Å²) in [6, 6.07) is 0. The summed E-state index contributed by atoms with van der Waals surface area (Å²) in [5, 5.41) is 3.28. The van der Waals surface area contributed by atoms with E-state index in [4.69, 9.17) is 9.47 Å². The molecule has 0 aromatic rings. The van der Waals surface area contributed by atoms with E-state index >= 15 is 0 Å². The fourth-order valence-electron chi connectivity index (χ4n) is 1.86. The Bertz CT molecular complexity index is 222.